The third kappa shape index (κ3) is 6.98. The van der Waals surface area contributed by atoms with Crippen LogP contribution in [-0.4, -0.2) is 48.0 Å². The van der Waals surface area contributed by atoms with Crippen molar-refractivity contribution >= 4 is 17.9 Å². The summed E-state index contributed by atoms with van der Waals surface area (Å²) in [6.45, 7) is 6.80. The summed E-state index contributed by atoms with van der Waals surface area (Å²) < 4.78 is 5.01. The van der Waals surface area contributed by atoms with Gasteiger partial charge in [-0.1, -0.05) is 12.1 Å². The van der Waals surface area contributed by atoms with E-state index in [2.05, 4.69) is 10.6 Å². The van der Waals surface area contributed by atoms with Gasteiger partial charge < -0.3 is 20.3 Å². The Hall–Kier alpha value is -3.08. The molecule has 146 valence electrons. The third-order valence-electron chi connectivity index (χ3n) is 3.88. The maximum Gasteiger partial charge on any atom is 0.338 e. The van der Waals surface area contributed by atoms with Crippen molar-refractivity contribution in [3.63, 3.8) is 0 Å². The number of likely N-dealkylation sites (N-methyl/N-ethyl adjacent to an activating group) is 1. The highest BCUT2D eigenvalue weighted by Crippen LogP contribution is 2.11. The summed E-state index contributed by atoms with van der Waals surface area (Å²) >= 11 is 0. The van der Waals surface area contributed by atoms with Gasteiger partial charge in [-0.25, -0.2) is 9.59 Å². The Morgan fingerprint density at radius 3 is 2.33 bits per heavy atom. The van der Waals surface area contributed by atoms with Gasteiger partial charge in [0.2, 0.25) is 0 Å². The summed E-state index contributed by atoms with van der Waals surface area (Å²) in [6, 6.07) is 8.30. The van der Waals surface area contributed by atoms with E-state index in [1.54, 1.807) is 38.1 Å². The molecule has 0 unspecified atom stereocenters. The molecule has 0 saturated heterocycles. The highest BCUT2D eigenvalue weighted by molar-refractivity contribution is 5.91. The largest absolute Gasteiger partial charge is 0.452 e. The number of esters is 1. The van der Waals surface area contributed by atoms with Gasteiger partial charge in [0.05, 0.1) is 11.6 Å². The maximum absolute atomic E-state index is 12.1. The SMILES string of the molecule is CC(C)NC(=O)NCc1ccc(C(=O)OCC(=O)N(C)C(C)(C)C#N)cc1. The van der Waals surface area contributed by atoms with Gasteiger partial charge in [-0.3, -0.25) is 4.79 Å². The van der Waals surface area contributed by atoms with Crippen molar-refractivity contribution in [1.29, 1.82) is 5.26 Å². The number of nitriles is 1. The molecule has 1 rings (SSSR count). The highest BCUT2D eigenvalue weighted by atomic mass is 16.5. The van der Waals surface area contributed by atoms with E-state index in [4.69, 9.17) is 10.00 Å². The molecule has 1 aromatic carbocycles. The van der Waals surface area contributed by atoms with E-state index >= 15 is 0 Å². The summed E-state index contributed by atoms with van der Waals surface area (Å²) in [5.41, 5.74) is 0.123. The molecule has 0 saturated carbocycles. The quantitative estimate of drug-likeness (QED) is 0.707. The molecule has 27 heavy (non-hydrogen) atoms. The van der Waals surface area contributed by atoms with Crippen LogP contribution < -0.4 is 10.6 Å². The number of urea groups is 1. The minimum atomic E-state index is -0.986. The minimum Gasteiger partial charge on any atom is -0.452 e. The molecular weight excluding hydrogens is 348 g/mol. The fourth-order valence-corrected chi connectivity index (χ4v) is 1.95. The maximum atomic E-state index is 12.1. The summed E-state index contributed by atoms with van der Waals surface area (Å²) in [6.07, 6.45) is 0. The lowest BCUT2D eigenvalue weighted by molar-refractivity contribution is -0.136. The molecule has 0 heterocycles. The van der Waals surface area contributed by atoms with E-state index in [-0.39, 0.29) is 12.1 Å². The normalized spacial score (nSPS) is 10.7. The number of nitrogens with zero attached hydrogens (tertiary/aromatic N) is 2. The molecule has 0 aliphatic carbocycles. The van der Waals surface area contributed by atoms with Crippen molar-refractivity contribution < 1.29 is 19.1 Å². The molecule has 1 aromatic rings. The van der Waals surface area contributed by atoms with Gasteiger partial charge in [-0.05, 0) is 45.4 Å². The van der Waals surface area contributed by atoms with E-state index in [1.807, 2.05) is 19.9 Å². The van der Waals surface area contributed by atoms with Gasteiger partial charge in [-0.2, -0.15) is 5.26 Å². The number of hydrogen-bond acceptors (Lipinski definition) is 5. The van der Waals surface area contributed by atoms with Crippen LogP contribution in [-0.2, 0) is 16.1 Å². The van der Waals surface area contributed by atoms with Crippen LogP contribution >= 0.6 is 0 Å². The molecular formula is C19H26N4O4. The number of hydrogen-bond donors (Lipinski definition) is 2. The fraction of sp³-hybridized carbons (Fsp3) is 0.474. The van der Waals surface area contributed by atoms with Crippen LogP contribution in [0.2, 0.25) is 0 Å². The zero-order valence-corrected chi connectivity index (χ0v) is 16.3. The van der Waals surface area contributed by atoms with Gasteiger partial charge in [0.15, 0.2) is 6.61 Å². The number of carbonyl (C=O) groups is 3. The predicted octanol–water partition coefficient (Wildman–Crippen LogP) is 1.81. The zero-order valence-electron chi connectivity index (χ0n) is 16.3. The average Bonchev–Trinajstić information content (AvgIpc) is 2.63. The number of amides is 3. The van der Waals surface area contributed by atoms with Gasteiger partial charge in [0.1, 0.15) is 5.54 Å². The molecule has 0 atom stereocenters. The molecule has 0 aromatic heterocycles. The van der Waals surface area contributed by atoms with Crippen molar-refractivity contribution in [1.82, 2.24) is 15.5 Å². The van der Waals surface area contributed by atoms with Crippen molar-refractivity contribution in [2.24, 2.45) is 0 Å². The first-order chi connectivity index (χ1) is 12.6. The molecule has 0 fully saturated rings. The Bertz CT molecular complexity index is 720. The monoisotopic (exact) mass is 374 g/mol. The molecule has 2 N–H and O–H groups in total. The number of nitrogens with one attached hydrogen (secondary N) is 2. The smallest absolute Gasteiger partial charge is 0.338 e. The zero-order chi connectivity index (χ0) is 20.6. The summed E-state index contributed by atoms with van der Waals surface area (Å²) in [5, 5.41) is 14.5. The molecule has 0 spiro atoms. The van der Waals surface area contributed by atoms with Crippen LogP contribution in [0.1, 0.15) is 43.6 Å². The second-order valence-electron chi connectivity index (χ2n) is 6.88. The molecule has 8 nitrogen and oxygen atoms in total. The van der Waals surface area contributed by atoms with Crippen molar-refractivity contribution in [3.8, 4) is 6.07 Å². The first kappa shape index (κ1) is 22.0. The van der Waals surface area contributed by atoms with Crippen molar-refractivity contribution in [2.45, 2.75) is 45.8 Å². The van der Waals surface area contributed by atoms with Crippen molar-refractivity contribution in [3.05, 3.63) is 35.4 Å². The molecule has 3 amide bonds. The Morgan fingerprint density at radius 1 is 1.22 bits per heavy atom. The number of carbonyl (C=O) groups excluding carboxylic acids is 3. The first-order valence-corrected chi connectivity index (χ1v) is 8.55. The van der Waals surface area contributed by atoms with Crippen LogP contribution in [0.5, 0.6) is 0 Å². The molecule has 0 radical (unpaired) electrons. The number of benzene rings is 1. The second kappa shape index (κ2) is 9.57. The molecule has 0 aliphatic heterocycles. The number of ether oxygens (including phenoxy) is 1. The van der Waals surface area contributed by atoms with Gasteiger partial charge in [-0.15, -0.1) is 0 Å². The lowest BCUT2D eigenvalue weighted by Gasteiger charge is -2.28. The van der Waals surface area contributed by atoms with Gasteiger partial charge in [0.25, 0.3) is 5.91 Å². The first-order valence-electron chi connectivity index (χ1n) is 8.55. The Morgan fingerprint density at radius 2 is 1.81 bits per heavy atom. The van der Waals surface area contributed by atoms with Crippen molar-refractivity contribution in [2.75, 3.05) is 13.7 Å². The van der Waals surface area contributed by atoms with E-state index < -0.39 is 24.0 Å². The van der Waals surface area contributed by atoms with E-state index in [0.29, 0.717) is 12.1 Å². The fourth-order valence-electron chi connectivity index (χ4n) is 1.95. The second-order valence-corrected chi connectivity index (χ2v) is 6.88. The van der Waals surface area contributed by atoms with E-state index in [1.165, 1.54) is 11.9 Å². The van der Waals surface area contributed by atoms with Crippen LogP contribution in [0.4, 0.5) is 4.79 Å². The summed E-state index contributed by atoms with van der Waals surface area (Å²) in [5.74, 6) is -1.10. The molecule has 0 aliphatic rings. The lowest BCUT2D eigenvalue weighted by atomic mass is 10.1. The predicted molar refractivity (Wildman–Crippen MR) is 99.7 cm³/mol. The van der Waals surface area contributed by atoms with Crippen LogP contribution in [0.3, 0.4) is 0 Å². The summed E-state index contributed by atoms with van der Waals surface area (Å²) in [7, 11) is 1.48. The highest BCUT2D eigenvalue weighted by Gasteiger charge is 2.27. The Balaban J connectivity index is 2.54. The topological polar surface area (TPSA) is 112 Å². The molecule has 8 heteroatoms. The summed E-state index contributed by atoms with van der Waals surface area (Å²) in [4.78, 5) is 36.8. The van der Waals surface area contributed by atoms with Gasteiger partial charge >= 0.3 is 12.0 Å². The average molecular weight is 374 g/mol. The van der Waals surface area contributed by atoms with E-state index in [0.717, 1.165) is 5.56 Å². The van der Waals surface area contributed by atoms with Gasteiger partial charge in [0, 0.05) is 19.6 Å². The van der Waals surface area contributed by atoms with Crippen LogP contribution in [0, 0.1) is 11.3 Å². The minimum absolute atomic E-state index is 0.0441. The number of rotatable bonds is 7. The van der Waals surface area contributed by atoms with E-state index in [9.17, 15) is 14.4 Å². The van der Waals surface area contributed by atoms with Crippen LogP contribution in [0.15, 0.2) is 24.3 Å². The Kier molecular flexibility index (Phi) is 7.79. The molecule has 0 bridgehead atoms. The third-order valence-corrected chi connectivity index (χ3v) is 3.88. The van der Waals surface area contributed by atoms with Crippen LogP contribution in [0.25, 0.3) is 0 Å². The lowest BCUT2D eigenvalue weighted by Crippen LogP contribution is -2.45. The standard InChI is InChI=1S/C19H26N4O4/c1-13(2)22-18(26)21-10-14-6-8-15(9-7-14)17(25)27-11-16(24)23(5)19(3,4)12-20/h6-9,13H,10-11H2,1-5H3,(H2,21,22,26). The Labute approximate surface area is 159 Å².